The first kappa shape index (κ1) is 17.7. The van der Waals surface area contributed by atoms with Crippen LogP contribution < -0.4 is 10.9 Å². The van der Waals surface area contributed by atoms with Gasteiger partial charge in [0, 0.05) is 16.6 Å². The van der Waals surface area contributed by atoms with Crippen molar-refractivity contribution in [2.75, 3.05) is 5.32 Å². The molecule has 0 aliphatic heterocycles. The Morgan fingerprint density at radius 2 is 2.08 bits per heavy atom. The Hall–Kier alpha value is -3.14. The topological polar surface area (TPSA) is 107 Å². The largest absolute Gasteiger partial charge is 0.322 e. The predicted octanol–water partition coefficient (Wildman–Crippen LogP) is 2.85. The summed E-state index contributed by atoms with van der Waals surface area (Å²) in [6, 6.07) is 7.83. The molecule has 1 amide bonds. The molecule has 10 heteroatoms. The molecule has 0 atom stereocenters. The number of amides is 1. The lowest BCUT2D eigenvalue weighted by molar-refractivity contribution is -0.384. The zero-order valence-corrected chi connectivity index (χ0v) is 14.6. The van der Waals surface area contributed by atoms with Crippen molar-refractivity contribution < 1.29 is 14.1 Å². The molecular weight excluding hydrogens is 411 g/mol. The van der Waals surface area contributed by atoms with Crippen LogP contribution in [0.5, 0.6) is 0 Å². The number of carbonyl (C=O) groups is 1. The van der Waals surface area contributed by atoms with Gasteiger partial charge < -0.3 is 5.32 Å². The monoisotopic (exact) mass is 420 g/mol. The fraction of sp³-hybridized carbons (Fsp3) is 0.0625. The predicted molar refractivity (Wildman–Crippen MR) is 95.4 cm³/mol. The lowest BCUT2D eigenvalue weighted by Crippen LogP contribution is -2.28. The molecule has 0 spiro atoms. The number of nitrogens with one attached hydrogen (secondary N) is 1. The third-order valence-electron chi connectivity index (χ3n) is 3.54. The summed E-state index contributed by atoms with van der Waals surface area (Å²) in [6.45, 7) is -0.417. The highest BCUT2D eigenvalue weighted by Crippen LogP contribution is 2.19. The van der Waals surface area contributed by atoms with Gasteiger partial charge in [0.25, 0.3) is 11.2 Å². The van der Waals surface area contributed by atoms with E-state index in [2.05, 4.69) is 26.2 Å². The molecule has 0 saturated heterocycles. The summed E-state index contributed by atoms with van der Waals surface area (Å²) in [5, 5.41) is 13.2. The molecule has 0 aliphatic rings. The Balaban J connectivity index is 1.88. The van der Waals surface area contributed by atoms with Crippen LogP contribution in [-0.4, -0.2) is 20.4 Å². The summed E-state index contributed by atoms with van der Waals surface area (Å²) in [7, 11) is 0. The number of hydrogen-bond donors (Lipinski definition) is 1. The van der Waals surface area contributed by atoms with E-state index >= 15 is 0 Å². The molecule has 0 saturated carbocycles. The van der Waals surface area contributed by atoms with Crippen LogP contribution in [0.1, 0.15) is 0 Å². The van der Waals surface area contributed by atoms with Gasteiger partial charge in [0.1, 0.15) is 12.4 Å². The molecule has 0 aliphatic carbocycles. The van der Waals surface area contributed by atoms with Crippen LogP contribution in [0.4, 0.5) is 15.8 Å². The van der Waals surface area contributed by atoms with E-state index in [1.165, 1.54) is 24.3 Å². The number of hydrogen-bond acceptors (Lipinski definition) is 5. The van der Waals surface area contributed by atoms with Gasteiger partial charge in [-0.1, -0.05) is 15.9 Å². The number of fused-ring (bicyclic) bond motifs is 1. The number of nitro groups is 1. The molecule has 1 aromatic heterocycles. The van der Waals surface area contributed by atoms with E-state index in [1.54, 1.807) is 6.07 Å². The first-order chi connectivity index (χ1) is 12.3. The standard InChI is InChI=1S/C16H10BrFN4O4/c17-9-1-3-14(12(18)5-9)20-15(23)7-21-8-19-13-4-2-10(22(25)26)6-11(13)16(21)24/h1-6,8H,7H2,(H,20,23). The molecule has 3 aromatic rings. The zero-order valence-electron chi connectivity index (χ0n) is 13.0. The van der Waals surface area contributed by atoms with Gasteiger partial charge in [-0.3, -0.25) is 24.3 Å². The molecule has 0 unspecified atom stereocenters. The highest BCUT2D eigenvalue weighted by atomic mass is 79.9. The maximum Gasteiger partial charge on any atom is 0.270 e. The average Bonchev–Trinajstić information content (AvgIpc) is 2.59. The molecule has 2 aromatic carbocycles. The van der Waals surface area contributed by atoms with Crippen molar-refractivity contribution in [3.8, 4) is 0 Å². The normalized spacial score (nSPS) is 10.7. The molecule has 8 nitrogen and oxygen atoms in total. The summed E-state index contributed by atoms with van der Waals surface area (Å²) in [6.07, 6.45) is 1.16. The van der Waals surface area contributed by atoms with Crippen LogP contribution in [0.3, 0.4) is 0 Å². The minimum Gasteiger partial charge on any atom is -0.322 e. The van der Waals surface area contributed by atoms with Crippen LogP contribution in [0, 0.1) is 15.9 Å². The number of nitrogens with zero attached hydrogens (tertiary/aromatic N) is 3. The number of halogens is 2. The van der Waals surface area contributed by atoms with Gasteiger partial charge in [-0.2, -0.15) is 0 Å². The van der Waals surface area contributed by atoms with Crippen LogP contribution in [0.15, 0.2) is 52.0 Å². The maximum absolute atomic E-state index is 13.8. The van der Waals surface area contributed by atoms with Gasteiger partial charge >= 0.3 is 0 Å². The number of non-ortho nitro benzene ring substituents is 1. The Labute approximate surface area is 153 Å². The van der Waals surface area contributed by atoms with Crippen molar-refractivity contribution in [1.29, 1.82) is 0 Å². The van der Waals surface area contributed by atoms with E-state index in [-0.39, 0.29) is 22.3 Å². The maximum atomic E-state index is 13.8. The Morgan fingerprint density at radius 3 is 2.77 bits per heavy atom. The van der Waals surface area contributed by atoms with Crippen LogP contribution in [0.25, 0.3) is 10.9 Å². The molecule has 26 heavy (non-hydrogen) atoms. The Kier molecular flexibility index (Phi) is 4.76. The van der Waals surface area contributed by atoms with Crippen molar-refractivity contribution in [2.24, 2.45) is 0 Å². The summed E-state index contributed by atoms with van der Waals surface area (Å²) in [4.78, 5) is 38.8. The quantitative estimate of drug-likeness (QED) is 0.515. The van der Waals surface area contributed by atoms with E-state index in [0.29, 0.717) is 4.47 Å². The number of benzene rings is 2. The fourth-order valence-electron chi connectivity index (χ4n) is 2.31. The van der Waals surface area contributed by atoms with E-state index < -0.39 is 28.8 Å². The Bertz CT molecular complexity index is 1100. The summed E-state index contributed by atoms with van der Waals surface area (Å²) in [5.41, 5.74) is -0.618. The first-order valence-electron chi connectivity index (χ1n) is 7.23. The van der Waals surface area contributed by atoms with Crippen LogP contribution in [-0.2, 0) is 11.3 Å². The summed E-state index contributed by atoms with van der Waals surface area (Å²) < 4.78 is 15.3. The number of anilines is 1. The molecule has 3 rings (SSSR count). The van der Waals surface area contributed by atoms with Crippen LogP contribution >= 0.6 is 15.9 Å². The van der Waals surface area contributed by atoms with Gasteiger partial charge in [-0.15, -0.1) is 0 Å². The first-order valence-corrected chi connectivity index (χ1v) is 8.03. The molecule has 1 N–H and O–H groups in total. The fourth-order valence-corrected chi connectivity index (χ4v) is 2.64. The molecular formula is C16H10BrFN4O4. The van der Waals surface area contributed by atoms with Crippen molar-refractivity contribution >= 4 is 44.1 Å². The van der Waals surface area contributed by atoms with E-state index in [4.69, 9.17) is 0 Å². The smallest absolute Gasteiger partial charge is 0.270 e. The van der Waals surface area contributed by atoms with Gasteiger partial charge in [0.05, 0.1) is 27.8 Å². The van der Waals surface area contributed by atoms with Crippen LogP contribution in [0.2, 0.25) is 0 Å². The molecule has 132 valence electrons. The average molecular weight is 421 g/mol. The van der Waals surface area contributed by atoms with E-state index in [9.17, 15) is 24.1 Å². The number of rotatable bonds is 4. The Morgan fingerprint density at radius 1 is 1.31 bits per heavy atom. The second-order valence-corrected chi connectivity index (χ2v) is 6.22. The number of carbonyl (C=O) groups excluding carboxylic acids is 1. The summed E-state index contributed by atoms with van der Waals surface area (Å²) >= 11 is 3.11. The second kappa shape index (κ2) is 7.00. The van der Waals surface area contributed by atoms with E-state index in [1.807, 2.05) is 0 Å². The third kappa shape index (κ3) is 3.59. The number of nitro benzene ring substituents is 1. The van der Waals surface area contributed by atoms with Gasteiger partial charge in [0.15, 0.2) is 0 Å². The van der Waals surface area contributed by atoms with Gasteiger partial charge in [0.2, 0.25) is 5.91 Å². The minimum atomic E-state index is -0.639. The van der Waals surface area contributed by atoms with Crippen molar-refractivity contribution in [2.45, 2.75) is 6.54 Å². The molecule has 0 radical (unpaired) electrons. The molecule has 1 heterocycles. The lowest BCUT2D eigenvalue weighted by Gasteiger charge is -2.09. The number of aromatic nitrogens is 2. The van der Waals surface area contributed by atoms with E-state index in [0.717, 1.165) is 17.0 Å². The molecule has 0 bridgehead atoms. The van der Waals surface area contributed by atoms with Crippen molar-refractivity contribution in [1.82, 2.24) is 9.55 Å². The highest BCUT2D eigenvalue weighted by molar-refractivity contribution is 9.10. The SMILES string of the molecule is O=C(Cn1cnc2ccc([N+](=O)[O-])cc2c1=O)Nc1ccc(Br)cc1F. The summed E-state index contributed by atoms with van der Waals surface area (Å²) in [5.74, 6) is -1.27. The van der Waals surface area contributed by atoms with Gasteiger partial charge in [-0.05, 0) is 24.3 Å². The lowest BCUT2D eigenvalue weighted by atomic mass is 10.2. The zero-order chi connectivity index (χ0) is 18.8. The van der Waals surface area contributed by atoms with Crippen molar-refractivity contribution in [3.05, 3.63) is 73.5 Å². The third-order valence-corrected chi connectivity index (χ3v) is 4.03. The van der Waals surface area contributed by atoms with Gasteiger partial charge in [-0.25, -0.2) is 9.37 Å². The molecule has 0 fully saturated rings. The van der Waals surface area contributed by atoms with Crippen molar-refractivity contribution in [3.63, 3.8) is 0 Å². The highest BCUT2D eigenvalue weighted by Gasteiger charge is 2.13. The second-order valence-electron chi connectivity index (χ2n) is 5.31. The minimum absolute atomic E-state index is 0.0179.